The second-order valence-electron chi connectivity index (χ2n) is 8.89. The van der Waals surface area contributed by atoms with Crippen LogP contribution in [0.1, 0.15) is 25.7 Å². The van der Waals surface area contributed by atoms with Crippen molar-refractivity contribution >= 4 is 44.8 Å². The van der Waals surface area contributed by atoms with E-state index in [1.807, 2.05) is 4.90 Å². The minimum atomic E-state index is -0.400. The van der Waals surface area contributed by atoms with Gasteiger partial charge in [0.25, 0.3) is 5.69 Å². The molecule has 2 aromatic rings. The minimum Gasteiger partial charge on any atom is -0.368 e. The summed E-state index contributed by atoms with van der Waals surface area (Å²) in [7, 11) is 0. The fourth-order valence-electron chi connectivity index (χ4n) is 4.88. The van der Waals surface area contributed by atoms with E-state index in [0.29, 0.717) is 50.8 Å². The van der Waals surface area contributed by atoms with Crippen molar-refractivity contribution in [1.29, 1.82) is 0 Å². The Balaban J connectivity index is 1.16. The van der Waals surface area contributed by atoms with Gasteiger partial charge in [-0.2, -0.15) is 0 Å². The molecule has 3 aliphatic heterocycles. The number of hydrogen-bond acceptors (Lipinski definition) is 9. The highest BCUT2D eigenvalue weighted by Crippen LogP contribution is 2.32. The zero-order chi connectivity index (χ0) is 23.7. The Labute approximate surface area is 201 Å². The van der Waals surface area contributed by atoms with Crippen LogP contribution in [0.15, 0.2) is 24.3 Å². The predicted octanol–water partition coefficient (Wildman–Crippen LogP) is 2.14. The van der Waals surface area contributed by atoms with Gasteiger partial charge in [-0.25, -0.2) is 0 Å². The lowest BCUT2D eigenvalue weighted by Gasteiger charge is -2.39. The molecule has 1 aromatic heterocycles. The summed E-state index contributed by atoms with van der Waals surface area (Å²) in [5, 5.41) is 20.8. The smallest absolute Gasteiger partial charge is 0.269 e. The number of anilines is 3. The molecule has 3 saturated heterocycles. The fraction of sp³-hybridized carbons (Fsp3) is 0.545. The number of carbonyl (C=O) groups is 2. The number of nitro benzene ring substituents is 1. The van der Waals surface area contributed by atoms with Gasteiger partial charge in [-0.3, -0.25) is 24.6 Å². The van der Waals surface area contributed by atoms with Gasteiger partial charge < -0.3 is 14.7 Å². The van der Waals surface area contributed by atoms with Gasteiger partial charge in [0.2, 0.25) is 22.1 Å². The Morgan fingerprint density at radius 3 is 2.38 bits per heavy atom. The van der Waals surface area contributed by atoms with Gasteiger partial charge in [-0.05, 0) is 31.4 Å². The molecule has 3 aliphatic rings. The molecule has 1 unspecified atom stereocenters. The summed E-state index contributed by atoms with van der Waals surface area (Å²) in [6.45, 7) is 4.80. The maximum absolute atomic E-state index is 13.3. The van der Waals surface area contributed by atoms with Crippen molar-refractivity contribution < 1.29 is 14.5 Å². The number of non-ortho nitro benzene ring substituents is 1. The number of hydrogen-bond donors (Lipinski definition) is 0. The van der Waals surface area contributed by atoms with Crippen LogP contribution in [0.4, 0.5) is 21.6 Å². The molecule has 4 heterocycles. The Kier molecular flexibility index (Phi) is 6.31. The number of nitro groups is 1. The third-order valence-electron chi connectivity index (χ3n) is 6.77. The molecule has 180 valence electrons. The van der Waals surface area contributed by atoms with Crippen LogP contribution < -0.4 is 14.7 Å². The zero-order valence-corrected chi connectivity index (χ0v) is 19.7. The first-order valence-corrected chi connectivity index (χ1v) is 12.5. The molecule has 3 fully saturated rings. The molecule has 11 nitrogen and oxygen atoms in total. The highest BCUT2D eigenvalue weighted by molar-refractivity contribution is 7.19. The number of piperidine rings is 1. The van der Waals surface area contributed by atoms with E-state index in [1.54, 1.807) is 17.0 Å². The van der Waals surface area contributed by atoms with Gasteiger partial charge in [0.1, 0.15) is 0 Å². The lowest BCUT2D eigenvalue weighted by atomic mass is 9.96. The Morgan fingerprint density at radius 1 is 0.971 bits per heavy atom. The lowest BCUT2D eigenvalue weighted by molar-refractivity contribution is -0.384. The van der Waals surface area contributed by atoms with E-state index in [9.17, 15) is 19.7 Å². The molecule has 12 heteroatoms. The molecule has 2 amide bonds. The van der Waals surface area contributed by atoms with Crippen LogP contribution in [-0.2, 0) is 9.59 Å². The SMILES string of the molecule is O=C(C1CCCN(c2nnc(N3CCCC3=O)s2)C1)N1CCN(c2ccc([N+](=O)[O-])cc2)CC1. The van der Waals surface area contributed by atoms with Gasteiger partial charge in [-0.15, -0.1) is 10.2 Å². The lowest BCUT2D eigenvalue weighted by Crippen LogP contribution is -2.52. The highest BCUT2D eigenvalue weighted by Gasteiger charge is 2.33. The first-order chi connectivity index (χ1) is 16.5. The number of carbonyl (C=O) groups excluding carboxylic acids is 2. The molecule has 1 atom stereocenters. The van der Waals surface area contributed by atoms with Crippen molar-refractivity contribution in [1.82, 2.24) is 15.1 Å². The summed E-state index contributed by atoms with van der Waals surface area (Å²) >= 11 is 1.43. The largest absolute Gasteiger partial charge is 0.368 e. The Bertz CT molecular complexity index is 1070. The van der Waals surface area contributed by atoms with Crippen molar-refractivity contribution in [2.75, 3.05) is 60.5 Å². The molecule has 0 aliphatic carbocycles. The second-order valence-corrected chi connectivity index (χ2v) is 9.82. The number of rotatable bonds is 5. The number of amides is 2. The number of aromatic nitrogens is 2. The quantitative estimate of drug-likeness (QED) is 0.467. The van der Waals surface area contributed by atoms with Gasteiger partial charge in [0, 0.05) is 70.1 Å². The number of benzene rings is 1. The summed E-state index contributed by atoms with van der Waals surface area (Å²) in [6, 6.07) is 6.56. The van der Waals surface area contributed by atoms with Gasteiger partial charge in [-0.1, -0.05) is 11.3 Å². The van der Waals surface area contributed by atoms with Crippen LogP contribution in [0.25, 0.3) is 0 Å². The number of nitrogens with zero attached hydrogens (tertiary/aromatic N) is 7. The van der Waals surface area contributed by atoms with Crippen LogP contribution in [0, 0.1) is 16.0 Å². The molecule has 5 rings (SSSR count). The number of piperazine rings is 1. The normalized spacial score (nSPS) is 21.3. The molecule has 0 saturated carbocycles. The topological polar surface area (TPSA) is 116 Å². The van der Waals surface area contributed by atoms with Crippen LogP contribution in [0.2, 0.25) is 0 Å². The van der Waals surface area contributed by atoms with E-state index >= 15 is 0 Å². The van der Waals surface area contributed by atoms with Crippen LogP contribution in [0.3, 0.4) is 0 Å². The van der Waals surface area contributed by atoms with Crippen LogP contribution in [-0.4, -0.2) is 77.6 Å². The highest BCUT2D eigenvalue weighted by atomic mass is 32.1. The van der Waals surface area contributed by atoms with E-state index in [4.69, 9.17) is 0 Å². The van der Waals surface area contributed by atoms with Gasteiger partial charge in [0.15, 0.2) is 0 Å². The Hall–Kier alpha value is -3.28. The standard InChI is InChI=1S/C22H27N7O4S/c30-19-4-2-10-28(19)22-24-23-21(34-22)27-9-1-3-16(15-27)20(31)26-13-11-25(12-14-26)17-5-7-18(8-6-17)29(32)33/h5-8,16H,1-4,9-15H2. The van der Waals surface area contributed by atoms with Crippen molar-refractivity contribution in [2.24, 2.45) is 5.92 Å². The summed E-state index contributed by atoms with van der Waals surface area (Å²) in [6.07, 6.45) is 3.18. The third kappa shape index (κ3) is 4.54. The monoisotopic (exact) mass is 485 g/mol. The van der Waals surface area contributed by atoms with Crippen molar-refractivity contribution in [2.45, 2.75) is 25.7 Å². The van der Waals surface area contributed by atoms with E-state index in [1.165, 1.54) is 23.5 Å². The van der Waals surface area contributed by atoms with E-state index in [-0.39, 0.29) is 23.4 Å². The van der Waals surface area contributed by atoms with Crippen molar-refractivity contribution in [3.63, 3.8) is 0 Å². The maximum atomic E-state index is 13.3. The molecule has 0 spiro atoms. The summed E-state index contributed by atoms with van der Waals surface area (Å²) < 4.78 is 0. The molecule has 0 radical (unpaired) electrons. The third-order valence-corrected chi connectivity index (χ3v) is 7.77. The maximum Gasteiger partial charge on any atom is 0.269 e. The second kappa shape index (κ2) is 9.53. The molecule has 34 heavy (non-hydrogen) atoms. The van der Waals surface area contributed by atoms with Crippen molar-refractivity contribution in [3.05, 3.63) is 34.4 Å². The summed E-state index contributed by atoms with van der Waals surface area (Å²) in [4.78, 5) is 43.7. The average molecular weight is 486 g/mol. The zero-order valence-electron chi connectivity index (χ0n) is 18.8. The van der Waals surface area contributed by atoms with Crippen LogP contribution >= 0.6 is 11.3 Å². The average Bonchev–Trinajstić information content (AvgIpc) is 3.53. The molecule has 1 aromatic carbocycles. The molecule has 0 N–H and O–H groups in total. The Morgan fingerprint density at radius 2 is 1.71 bits per heavy atom. The van der Waals surface area contributed by atoms with Gasteiger partial charge >= 0.3 is 0 Å². The first-order valence-electron chi connectivity index (χ1n) is 11.7. The first kappa shape index (κ1) is 22.5. The minimum absolute atomic E-state index is 0.0778. The molecular weight excluding hydrogens is 458 g/mol. The van der Waals surface area contributed by atoms with Crippen LogP contribution in [0.5, 0.6) is 0 Å². The van der Waals surface area contributed by atoms with E-state index in [0.717, 1.165) is 36.6 Å². The molecular formula is C22H27N7O4S. The molecule has 0 bridgehead atoms. The predicted molar refractivity (Wildman–Crippen MR) is 128 cm³/mol. The van der Waals surface area contributed by atoms with E-state index in [2.05, 4.69) is 20.0 Å². The van der Waals surface area contributed by atoms with Crippen molar-refractivity contribution in [3.8, 4) is 0 Å². The van der Waals surface area contributed by atoms with Gasteiger partial charge in [0.05, 0.1) is 10.8 Å². The summed E-state index contributed by atoms with van der Waals surface area (Å²) in [5.74, 6) is 0.190. The van der Waals surface area contributed by atoms with E-state index < -0.39 is 4.92 Å². The fourth-order valence-corrected chi connectivity index (χ4v) is 5.80. The summed E-state index contributed by atoms with van der Waals surface area (Å²) in [5.41, 5.74) is 1.01.